The van der Waals surface area contributed by atoms with Gasteiger partial charge in [0.1, 0.15) is 10.4 Å². The number of aromatic nitrogens is 1. The summed E-state index contributed by atoms with van der Waals surface area (Å²) < 4.78 is 0.298. The molecule has 0 radical (unpaired) electrons. The number of thioether (sulfide) groups is 2. The molecule has 1 atom stereocenters. The van der Waals surface area contributed by atoms with Crippen molar-refractivity contribution in [1.29, 1.82) is 0 Å². The Morgan fingerprint density at radius 2 is 2.43 bits per heavy atom. The summed E-state index contributed by atoms with van der Waals surface area (Å²) in [7, 11) is 0. The highest BCUT2D eigenvalue weighted by molar-refractivity contribution is 8.26. The average molecular weight is 342 g/mol. The second kappa shape index (κ2) is 7.15. The van der Waals surface area contributed by atoms with Crippen LogP contribution < -0.4 is 0 Å². The van der Waals surface area contributed by atoms with E-state index in [-0.39, 0.29) is 5.91 Å². The largest absolute Gasteiger partial charge is 0.480 e. The molecular formula is C13H14N2O3S3. The van der Waals surface area contributed by atoms with Crippen molar-refractivity contribution in [3.8, 4) is 0 Å². The number of carboxylic acid groups (broad SMARTS) is 1. The maximum absolute atomic E-state index is 12.4. The molecule has 0 bridgehead atoms. The third kappa shape index (κ3) is 3.69. The Hall–Kier alpha value is -1.25. The molecule has 2 heterocycles. The van der Waals surface area contributed by atoms with Gasteiger partial charge in [0.15, 0.2) is 0 Å². The van der Waals surface area contributed by atoms with Crippen molar-refractivity contribution >= 4 is 58.0 Å². The molecule has 21 heavy (non-hydrogen) atoms. The number of hydrogen-bond donors (Lipinski definition) is 2. The molecule has 1 fully saturated rings. The quantitative estimate of drug-likeness (QED) is 0.611. The first-order chi connectivity index (χ1) is 10.0. The van der Waals surface area contributed by atoms with Crippen LogP contribution in [0.3, 0.4) is 0 Å². The maximum atomic E-state index is 12.4. The number of nitrogens with one attached hydrogen (secondary N) is 1. The summed E-state index contributed by atoms with van der Waals surface area (Å²) in [6.07, 6.45) is 5.71. The molecule has 1 aliphatic rings. The Labute approximate surface area is 136 Å². The van der Waals surface area contributed by atoms with Crippen molar-refractivity contribution in [3.05, 3.63) is 28.9 Å². The van der Waals surface area contributed by atoms with Crippen LogP contribution in [0.5, 0.6) is 0 Å². The van der Waals surface area contributed by atoms with Gasteiger partial charge in [-0.2, -0.15) is 11.8 Å². The van der Waals surface area contributed by atoms with Gasteiger partial charge in [0.25, 0.3) is 5.91 Å². The fourth-order valence-corrected chi connectivity index (χ4v) is 3.72. The lowest BCUT2D eigenvalue weighted by Crippen LogP contribution is -2.44. The van der Waals surface area contributed by atoms with Crippen LogP contribution in [0.25, 0.3) is 6.08 Å². The zero-order valence-electron chi connectivity index (χ0n) is 11.2. The van der Waals surface area contributed by atoms with Crippen LogP contribution >= 0.6 is 35.7 Å². The van der Waals surface area contributed by atoms with Crippen LogP contribution in [0.2, 0.25) is 0 Å². The summed E-state index contributed by atoms with van der Waals surface area (Å²) in [6.45, 7) is 0. The van der Waals surface area contributed by atoms with E-state index in [1.807, 2.05) is 18.4 Å². The number of hydrogen-bond acceptors (Lipinski definition) is 5. The van der Waals surface area contributed by atoms with Crippen molar-refractivity contribution in [2.24, 2.45) is 0 Å². The highest BCUT2D eigenvalue weighted by atomic mass is 32.2. The second-order valence-corrected chi connectivity index (χ2v) is 6.97. The molecule has 1 aromatic heterocycles. The first-order valence-corrected chi connectivity index (χ1v) is 8.78. The third-order valence-electron chi connectivity index (χ3n) is 2.92. The van der Waals surface area contributed by atoms with Gasteiger partial charge in [-0.3, -0.25) is 9.69 Å². The molecule has 0 aromatic carbocycles. The number of thiocarbonyl (C=S) groups is 1. The highest BCUT2D eigenvalue weighted by Crippen LogP contribution is 2.34. The summed E-state index contributed by atoms with van der Waals surface area (Å²) >= 11 is 7.86. The van der Waals surface area contributed by atoms with Crippen LogP contribution in [-0.2, 0) is 9.59 Å². The highest BCUT2D eigenvalue weighted by Gasteiger charge is 2.40. The molecule has 1 saturated heterocycles. The fourth-order valence-electron chi connectivity index (χ4n) is 1.92. The van der Waals surface area contributed by atoms with Gasteiger partial charge in [-0.1, -0.05) is 24.0 Å². The maximum Gasteiger partial charge on any atom is 0.326 e. The summed E-state index contributed by atoms with van der Waals surface area (Å²) in [5, 5.41) is 9.34. The van der Waals surface area contributed by atoms with Crippen molar-refractivity contribution < 1.29 is 14.7 Å². The lowest BCUT2D eigenvalue weighted by molar-refractivity contribution is -0.145. The number of amides is 1. The third-order valence-corrected chi connectivity index (χ3v) is 4.90. The number of carbonyl (C=O) groups excluding carboxylic acids is 1. The molecule has 0 spiro atoms. The van der Waals surface area contributed by atoms with Gasteiger partial charge in [-0.05, 0) is 36.6 Å². The minimum absolute atomic E-state index is 0.298. The van der Waals surface area contributed by atoms with Gasteiger partial charge in [0.05, 0.1) is 4.91 Å². The second-order valence-electron chi connectivity index (χ2n) is 4.31. The normalized spacial score (nSPS) is 18.5. The van der Waals surface area contributed by atoms with Crippen molar-refractivity contribution in [3.63, 3.8) is 0 Å². The van der Waals surface area contributed by atoms with Gasteiger partial charge >= 0.3 is 5.97 Å². The van der Waals surface area contributed by atoms with Crippen LogP contribution in [0, 0.1) is 0 Å². The summed E-state index contributed by atoms with van der Waals surface area (Å²) in [5.74, 6) is -0.710. The monoisotopic (exact) mass is 342 g/mol. The Morgan fingerprint density at radius 3 is 3.00 bits per heavy atom. The van der Waals surface area contributed by atoms with Gasteiger partial charge in [-0.15, -0.1) is 0 Å². The molecule has 112 valence electrons. The number of carbonyl (C=O) groups is 2. The van der Waals surface area contributed by atoms with Crippen LogP contribution in [0.4, 0.5) is 0 Å². The fraction of sp³-hybridized carbons (Fsp3) is 0.308. The first-order valence-electron chi connectivity index (χ1n) is 6.16. The van der Waals surface area contributed by atoms with E-state index in [2.05, 4.69) is 4.98 Å². The smallest absolute Gasteiger partial charge is 0.326 e. The number of rotatable bonds is 6. The molecule has 2 rings (SSSR count). The van der Waals surface area contributed by atoms with Crippen molar-refractivity contribution in [2.45, 2.75) is 12.5 Å². The van der Waals surface area contributed by atoms with E-state index >= 15 is 0 Å². The minimum Gasteiger partial charge on any atom is -0.480 e. The molecule has 8 heteroatoms. The molecule has 1 aliphatic heterocycles. The van der Waals surface area contributed by atoms with E-state index in [0.29, 0.717) is 21.4 Å². The summed E-state index contributed by atoms with van der Waals surface area (Å²) in [5.41, 5.74) is 0.784. The van der Waals surface area contributed by atoms with Crippen LogP contribution in [0.1, 0.15) is 12.1 Å². The van der Waals surface area contributed by atoms with Crippen LogP contribution in [0.15, 0.2) is 23.2 Å². The number of H-pyrrole nitrogens is 1. The SMILES string of the molecule is CSCC[C@@H](C(=O)O)N1C(=O)/C(=C/c2ccc[nH]2)SC1=S. The Kier molecular flexibility index (Phi) is 5.49. The topological polar surface area (TPSA) is 73.4 Å². The Balaban J connectivity index is 2.22. The zero-order valence-corrected chi connectivity index (χ0v) is 13.7. The zero-order chi connectivity index (χ0) is 15.4. The van der Waals surface area contributed by atoms with E-state index in [0.717, 1.165) is 17.5 Å². The predicted molar refractivity (Wildman–Crippen MR) is 90.2 cm³/mol. The molecule has 0 saturated carbocycles. The number of aliphatic carboxylic acids is 1. The average Bonchev–Trinajstić information content (AvgIpc) is 3.02. The van der Waals surface area contributed by atoms with Crippen LogP contribution in [-0.4, -0.2) is 49.2 Å². The molecule has 5 nitrogen and oxygen atoms in total. The predicted octanol–water partition coefficient (Wildman–Crippen LogP) is 2.42. The first kappa shape index (κ1) is 16.1. The molecule has 2 N–H and O–H groups in total. The lowest BCUT2D eigenvalue weighted by Gasteiger charge is -2.22. The van der Waals surface area contributed by atoms with Crippen molar-refractivity contribution in [2.75, 3.05) is 12.0 Å². The molecule has 1 aromatic rings. The van der Waals surface area contributed by atoms with Crippen molar-refractivity contribution in [1.82, 2.24) is 9.88 Å². The molecule has 1 amide bonds. The molecular weight excluding hydrogens is 328 g/mol. The minimum atomic E-state index is -1.03. The summed E-state index contributed by atoms with van der Waals surface area (Å²) in [4.78, 5) is 28.5. The summed E-state index contributed by atoms with van der Waals surface area (Å²) in [6, 6.07) is 2.75. The van der Waals surface area contributed by atoms with Gasteiger partial charge < -0.3 is 10.1 Å². The number of aromatic amines is 1. The van der Waals surface area contributed by atoms with Gasteiger partial charge in [0, 0.05) is 11.9 Å². The Morgan fingerprint density at radius 1 is 1.67 bits per heavy atom. The van der Waals surface area contributed by atoms with E-state index in [1.165, 1.54) is 4.90 Å². The Bertz CT molecular complexity index is 583. The lowest BCUT2D eigenvalue weighted by atomic mass is 10.2. The number of nitrogens with zero attached hydrogens (tertiary/aromatic N) is 1. The standard InChI is InChI=1S/C13H14N2O3S3/c1-20-6-4-9(12(17)18)15-11(16)10(21-13(15)19)7-8-3-2-5-14-8/h2-3,5,7,9,14H,4,6H2,1H3,(H,17,18)/b10-7-/t9-/m0/s1. The van der Waals surface area contributed by atoms with E-state index in [1.54, 1.807) is 24.0 Å². The van der Waals surface area contributed by atoms with Gasteiger partial charge in [-0.25, -0.2) is 4.79 Å². The van der Waals surface area contributed by atoms with Gasteiger partial charge in [0.2, 0.25) is 0 Å². The van der Waals surface area contributed by atoms with E-state index < -0.39 is 12.0 Å². The van der Waals surface area contributed by atoms with E-state index in [4.69, 9.17) is 12.2 Å². The molecule has 0 unspecified atom stereocenters. The van der Waals surface area contributed by atoms with E-state index in [9.17, 15) is 14.7 Å². The molecule has 0 aliphatic carbocycles. The number of carboxylic acids is 1.